The number of para-hydroxylation sites is 1. The molecule has 1 aromatic rings. The van der Waals surface area contributed by atoms with E-state index < -0.39 is 0 Å². The summed E-state index contributed by atoms with van der Waals surface area (Å²) in [4.78, 5) is 3.88. The SMILES string of the molecule is CN=C(C)Oc1ccccc1. The predicted molar refractivity (Wildman–Crippen MR) is 46.1 cm³/mol. The fourth-order valence-electron chi connectivity index (χ4n) is 0.705. The molecule has 0 spiro atoms. The van der Waals surface area contributed by atoms with Gasteiger partial charge in [-0.3, -0.25) is 4.99 Å². The second-order valence-corrected chi connectivity index (χ2v) is 2.16. The minimum absolute atomic E-state index is 0.677. The van der Waals surface area contributed by atoms with Gasteiger partial charge < -0.3 is 4.74 Å². The average molecular weight is 149 g/mol. The van der Waals surface area contributed by atoms with Crippen LogP contribution < -0.4 is 4.74 Å². The van der Waals surface area contributed by atoms with Crippen molar-refractivity contribution in [3.8, 4) is 5.75 Å². The van der Waals surface area contributed by atoms with Crippen LogP contribution in [0, 0.1) is 0 Å². The highest BCUT2D eigenvalue weighted by Crippen LogP contribution is 2.08. The number of rotatable bonds is 1. The Bertz CT molecular complexity index is 241. The fraction of sp³-hybridized carbons (Fsp3) is 0.222. The molecule has 0 aliphatic carbocycles. The molecule has 11 heavy (non-hydrogen) atoms. The van der Waals surface area contributed by atoms with E-state index in [0.29, 0.717) is 5.90 Å². The second kappa shape index (κ2) is 3.76. The highest BCUT2D eigenvalue weighted by molar-refractivity contribution is 5.75. The fourth-order valence-corrected chi connectivity index (χ4v) is 0.705. The molecule has 2 nitrogen and oxygen atoms in total. The lowest BCUT2D eigenvalue weighted by Gasteiger charge is -2.01. The smallest absolute Gasteiger partial charge is 0.186 e. The maximum atomic E-state index is 5.31. The van der Waals surface area contributed by atoms with Crippen LogP contribution in [0.3, 0.4) is 0 Å². The van der Waals surface area contributed by atoms with Crippen molar-refractivity contribution in [3.05, 3.63) is 30.3 Å². The maximum absolute atomic E-state index is 5.31. The molecular weight excluding hydrogens is 138 g/mol. The second-order valence-electron chi connectivity index (χ2n) is 2.16. The van der Waals surface area contributed by atoms with Gasteiger partial charge in [-0.15, -0.1) is 0 Å². The van der Waals surface area contributed by atoms with Crippen LogP contribution in [-0.2, 0) is 0 Å². The van der Waals surface area contributed by atoms with Gasteiger partial charge in [-0.1, -0.05) is 18.2 Å². The summed E-state index contributed by atoms with van der Waals surface area (Å²) in [6.07, 6.45) is 0. The molecule has 0 aliphatic rings. The first-order valence-corrected chi connectivity index (χ1v) is 3.49. The van der Waals surface area contributed by atoms with Crippen molar-refractivity contribution < 1.29 is 4.74 Å². The quantitative estimate of drug-likeness (QED) is 0.442. The van der Waals surface area contributed by atoms with Gasteiger partial charge in [-0.25, -0.2) is 0 Å². The Morgan fingerprint density at radius 3 is 2.45 bits per heavy atom. The third kappa shape index (κ3) is 2.42. The minimum Gasteiger partial charge on any atom is -0.444 e. The van der Waals surface area contributed by atoms with E-state index in [9.17, 15) is 0 Å². The third-order valence-corrected chi connectivity index (χ3v) is 1.32. The normalized spacial score (nSPS) is 11.3. The van der Waals surface area contributed by atoms with Crippen LogP contribution in [0.2, 0.25) is 0 Å². The van der Waals surface area contributed by atoms with Gasteiger partial charge in [0.1, 0.15) is 5.75 Å². The summed E-state index contributed by atoms with van der Waals surface area (Å²) in [5, 5.41) is 0. The van der Waals surface area contributed by atoms with Crippen molar-refractivity contribution in [2.45, 2.75) is 6.92 Å². The summed E-state index contributed by atoms with van der Waals surface area (Å²) in [6, 6.07) is 9.60. The summed E-state index contributed by atoms with van der Waals surface area (Å²) in [5.74, 6) is 1.51. The van der Waals surface area contributed by atoms with Crippen molar-refractivity contribution >= 4 is 5.90 Å². The molecule has 0 fully saturated rings. The van der Waals surface area contributed by atoms with Crippen LogP contribution in [-0.4, -0.2) is 12.9 Å². The lowest BCUT2D eigenvalue weighted by Crippen LogP contribution is -2.01. The first kappa shape index (κ1) is 7.79. The summed E-state index contributed by atoms with van der Waals surface area (Å²) in [6.45, 7) is 1.83. The van der Waals surface area contributed by atoms with E-state index in [0.717, 1.165) is 5.75 Å². The molecule has 2 heteroatoms. The zero-order valence-electron chi connectivity index (χ0n) is 6.74. The number of hydrogen-bond donors (Lipinski definition) is 0. The number of benzene rings is 1. The van der Waals surface area contributed by atoms with Gasteiger partial charge in [-0.05, 0) is 12.1 Å². The Hall–Kier alpha value is -1.31. The maximum Gasteiger partial charge on any atom is 0.186 e. The van der Waals surface area contributed by atoms with E-state index in [-0.39, 0.29) is 0 Å². The Morgan fingerprint density at radius 2 is 1.91 bits per heavy atom. The van der Waals surface area contributed by atoms with Crippen LogP contribution in [0.5, 0.6) is 5.75 Å². The van der Waals surface area contributed by atoms with E-state index in [2.05, 4.69) is 4.99 Å². The predicted octanol–water partition coefficient (Wildman–Crippen LogP) is 2.11. The molecule has 0 saturated carbocycles. The molecule has 0 unspecified atom stereocenters. The summed E-state index contributed by atoms with van der Waals surface area (Å²) in [7, 11) is 1.71. The largest absolute Gasteiger partial charge is 0.444 e. The molecule has 0 bridgehead atoms. The number of nitrogens with zero attached hydrogens (tertiary/aromatic N) is 1. The molecule has 0 saturated heterocycles. The summed E-state index contributed by atoms with van der Waals surface area (Å²) in [5.41, 5.74) is 0. The van der Waals surface area contributed by atoms with E-state index in [4.69, 9.17) is 4.74 Å². The molecule has 0 atom stereocenters. The molecule has 1 aromatic carbocycles. The van der Waals surface area contributed by atoms with Gasteiger partial charge in [0, 0.05) is 14.0 Å². The lowest BCUT2D eigenvalue weighted by molar-refractivity contribution is 0.545. The zero-order valence-corrected chi connectivity index (χ0v) is 6.74. The first-order valence-electron chi connectivity index (χ1n) is 3.49. The Balaban J connectivity index is 2.65. The Kier molecular flexibility index (Phi) is 2.66. The van der Waals surface area contributed by atoms with Crippen molar-refractivity contribution in [2.75, 3.05) is 7.05 Å². The summed E-state index contributed by atoms with van der Waals surface area (Å²) < 4.78 is 5.31. The van der Waals surface area contributed by atoms with E-state index in [1.54, 1.807) is 7.05 Å². The van der Waals surface area contributed by atoms with Gasteiger partial charge in [-0.2, -0.15) is 0 Å². The van der Waals surface area contributed by atoms with E-state index in [1.165, 1.54) is 0 Å². The van der Waals surface area contributed by atoms with E-state index >= 15 is 0 Å². The van der Waals surface area contributed by atoms with Crippen molar-refractivity contribution in [1.82, 2.24) is 0 Å². The van der Waals surface area contributed by atoms with Crippen LogP contribution in [0.1, 0.15) is 6.92 Å². The Labute approximate surface area is 66.5 Å². The lowest BCUT2D eigenvalue weighted by atomic mass is 10.3. The van der Waals surface area contributed by atoms with Gasteiger partial charge in [0.2, 0.25) is 0 Å². The topological polar surface area (TPSA) is 21.6 Å². The van der Waals surface area contributed by atoms with E-state index in [1.807, 2.05) is 37.3 Å². The van der Waals surface area contributed by atoms with Gasteiger partial charge in [0.05, 0.1) is 0 Å². The van der Waals surface area contributed by atoms with Crippen molar-refractivity contribution in [2.24, 2.45) is 4.99 Å². The zero-order chi connectivity index (χ0) is 8.10. The molecule has 1 rings (SSSR count). The third-order valence-electron chi connectivity index (χ3n) is 1.32. The molecular formula is C9H11NO. The highest BCUT2D eigenvalue weighted by Gasteiger charge is 1.91. The summed E-state index contributed by atoms with van der Waals surface area (Å²) >= 11 is 0. The van der Waals surface area contributed by atoms with Crippen LogP contribution in [0.25, 0.3) is 0 Å². The average Bonchev–Trinajstić information content (AvgIpc) is 2.06. The first-order chi connectivity index (χ1) is 5.33. The van der Waals surface area contributed by atoms with Crippen LogP contribution in [0.15, 0.2) is 35.3 Å². The standard InChI is InChI=1S/C9H11NO/c1-8(10-2)11-9-6-4-3-5-7-9/h3-7H,1-2H3. The van der Waals surface area contributed by atoms with Crippen molar-refractivity contribution in [3.63, 3.8) is 0 Å². The molecule has 0 heterocycles. The number of hydrogen-bond acceptors (Lipinski definition) is 2. The number of aliphatic imine (C=N–C) groups is 1. The monoisotopic (exact) mass is 149 g/mol. The molecule has 0 amide bonds. The van der Waals surface area contributed by atoms with Crippen LogP contribution >= 0.6 is 0 Å². The minimum atomic E-state index is 0.677. The van der Waals surface area contributed by atoms with Gasteiger partial charge in [0.25, 0.3) is 0 Å². The van der Waals surface area contributed by atoms with Gasteiger partial charge in [0.15, 0.2) is 5.90 Å². The van der Waals surface area contributed by atoms with Gasteiger partial charge >= 0.3 is 0 Å². The number of ether oxygens (including phenoxy) is 1. The molecule has 0 N–H and O–H groups in total. The molecule has 0 radical (unpaired) electrons. The molecule has 0 aliphatic heterocycles. The molecule has 0 aromatic heterocycles. The highest BCUT2D eigenvalue weighted by atomic mass is 16.5. The Morgan fingerprint density at radius 1 is 1.27 bits per heavy atom. The molecule has 58 valence electrons. The van der Waals surface area contributed by atoms with Crippen molar-refractivity contribution in [1.29, 1.82) is 0 Å². The van der Waals surface area contributed by atoms with Crippen LogP contribution in [0.4, 0.5) is 0 Å².